The minimum absolute atomic E-state index is 0.361. The highest BCUT2D eigenvalue weighted by Gasteiger charge is 2.15. The fraction of sp³-hybridized carbons (Fsp3) is 0.615. The van der Waals surface area contributed by atoms with E-state index in [1.807, 2.05) is 6.92 Å². The normalized spacial score (nSPS) is 19.4. The molecule has 108 valence electrons. The molecule has 3 heterocycles. The van der Waals surface area contributed by atoms with Gasteiger partial charge < -0.3 is 10.1 Å². The molecule has 1 unspecified atom stereocenters. The van der Waals surface area contributed by atoms with E-state index < -0.39 is 0 Å². The van der Waals surface area contributed by atoms with Gasteiger partial charge in [0.25, 0.3) is 5.78 Å². The standard InChI is InChI=1S/C13H18ClN5O/c1-9-11(14)18-13-16-8-17-19(13)12(9)15-6-5-10-4-2-3-7-20-10/h8,10,15H,2-7H2,1H3. The Kier molecular flexibility index (Phi) is 4.03. The van der Waals surface area contributed by atoms with Crippen LogP contribution in [0.5, 0.6) is 0 Å². The second-order valence-electron chi connectivity index (χ2n) is 5.05. The number of fused-ring (bicyclic) bond motifs is 1. The van der Waals surface area contributed by atoms with Crippen molar-refractivity contribution in [2.75, 3.05) is 18.5 Å². The van der Waals surface area contributed by atoms with Crippen LogP contribution in [0.1, 0.15) is 31.2 Å². The summed E-state index contributed by atoms with van der Waals surface area (Å²) in [5.41, 5.74) is 0.884. The maximum atomic E-state index is 6.12. The molecule has 1 aliphatic rings. The van der Waals surface area contributed by atoms with E-state index in [4.69, 9.17) is 16.3 Å². The Hall–Kier alpha value is -1.40. The van der Waals surface area contributed by atoms with E-state index >= 15 is 0 Å². The predicted octanol–water partition coefficient (Wildman–Crippen LogP) is 2.46. The van der Waals surface area contributed by atoms with Gasteiger partial charge in [0.05, 0.1) is 6.10 Å². The summed E-state index contributed by atoms with van der Waals surface area (Å²) in [6.45, 7) is 3.63. The molecule has 1 fully saturated rings. The molecule has 0 amide bonds. The van der Waals surface area contributed by atoms with Crippen LogP contribution >= 0.6 is 11.6 Å². The molecule has 2 aromatic rings. The lowest BCUT2D eigenvalue weighted by Gasteiger charge is -2.23. The Morgan fingerprint density at radius 2 is 2.40 bits per heavy atom. The van der Waals surface area contributed by atoms with Crippen molar-refractivity contribution in [3.05, 3.63) is 17.0 Å². The van der Waals surface area contributed by atoms with Crippen molar-refractivity contribution in [3.8, 4) is 0 Å². The second-order valence-corrected chi connectivity index (χ2v) is 5.41. The first-order valence-electron chi connectivity index (χ1n) is 6.97. The topological polar surface area (TPSA) is 64.3 Å². The molecular formula is C13H18ClN5O. The number of rotatable bonds is 4. The number of nitrogens with one attached hydrogen (secondary N) is 1. The lowest BCUT2D eigenvalue weighted by atomic mass is 10.1. The van der Waals surface area contributed by atoms with Crippen molar-refractivity contribution < 1.29 is 4.74 Å². The summed E-state index contributed by atoms with van der Waals surface area (Å²) in [7, 11) is 0. The number of anilines is 1. The molecule has 6 nitrogen and oxygen atoms in total. The minimum atomic E-state index is 0.361. The molecule has 1 N–H and O–H groups in total. The van der Waals surface area contributed by atoms with Crippen LogP contribution in [0.15, 0.2) is 6.33 Å². The van der Waals surface area contributed by atoms with Crippen LogP contribution in [0.25, 0.3) is 5.78 Å². The molecule has 0 spiro atoms. The highest BCUT2D eigenvalue weighted by atomic mass is 35.5. The van der Waals surface area contributed by atoms with E-state index in [-0.39, 0.29) is 0 Å². The Morgan fingerprint density at radius 3 is 3.20 bits per heavy atom. The molecule has 0 radical (unpaired) electrons. The van der Waals surface area contributed by atoms with Gasteiger partial charge in [0.2, 0.25) is 0 Å². The van der Waals surface area contributed by atoms with Crippen molar-refractivity contribution in [1.29, 1.82) is 0 Å². The largest absolute Gasteiger partial charge is 0.378 e. The third kappa shape index (κ3) is 2.71. The van der Waals surface area contributed by atoms with Crippen LogP contribution in [0.3, 0.4) is 0 Å². The molecule has 0 saturated carbocycles. The van der Waals surface area contributed by atoms with Crippen molar-refractivity contribution >= 4 is 23.2 Å². The molecule has 7 heteroatoms. The first-order valence-corrected chi connectivity index (χ1v) is 7.35. The second kappa shape index (κ2) is 5.93. The average Bonchev–Trinajstić information content (AvgIpc) is 2.92. The van der Waals surface area contributed by atoms with E-state index in [0.29, 0.717) is 17.0 Å². The predicted molar refractivity (Wildman–Crippen MR) is 77.2 cm³/mol. The SMILES string of the molecule is Cc1c(Cl)nc2ncnn2c1NCCC1CCCCO1. The summed E-state index contributed by atoms with van der Waals surface area (Å²) in [4.78, 5) is 8.25. The van der Waals surface area contributed by atoms with Gasteiger partial charge in [-0.1, -0.05) is 11.6 Å². The number of aromatic nitrogens is 4. The molecule has 1 saturated heterocycles. The summed E-state index contributed by atoms with van der Waals surface area (Å²) < 4.78 is 7.41. The molecule has 3 rings (SSSR count). The van der Waals surface area contributed by atoms with E-state index in [9.17, 15) is 0 Å². The maximum Gasteiger partial charge on any atom is 0.255 e. The molecule has 0 aromatic carbocycles. The third-order valence-electron chi connectivity index (χ3n) is 3.64. The highest BCUT2D eigenvalue weighted by Crippen LogP contribution is 2.22. The summed E-state index contributed by atoms with van der Waals surface area (Å²) in [5, 5.41) is 8.02. The van der Waals surface area contributed by atoms with E-state index in [1.54, 1.807) is 4.52 Å². The number of ether oxygens (including phenoxy) is 1. The van der Waals surface area contributed by atoms with E-state index in [2.05, 4.69) is 20.4 Å². The zero-order valence-corrected chi connectivity index (χ0v) is 12.2. The number of nitrogens with zero attached hydrogens (tertiary/aromatic N) is 4. The van der Waals surface area contributed by atoms with Crippen LogP contribution in [0.2, 0.25) is 5.15 Å². The Morgan fingerprint density at radius 1 is 1.50 bits per heavy atom. The summed E-state index contributed by atoms with van der Waals surface area (Å²) in [5.74, 6) is 1.37. The van der Waals surface area contributed by atoms with Crippen LogP contribution in [-0.2, 0) is 4.74 Å². The van der Waals surface area contributed by atoms with Gasteiger partial charge in [0, 0.05) is 18.7 Å². The number of halogens is 1. The minimum Gasteiger partial charge on any atom is -0.378 e. The van der Waals surface area contributed by atoms with Crippen molar-refractivity contribution in [1.82, 2.24) is 19.6 Å². The molecule has 0 bridgehead atoms. The van der Waals surface area contributed by atoms with Gasteiger partial charge in [-0.15, -0.1) is 0 Å². The summed E-state index contributed by atoms with van der Waals surface area (Å²) in [6.07, 6.45) is 6.42. The van der Waals surface area contributed by atoms with Gasteiger partial charge in [-0.25, -0.2) is 0 Å². The van der Waals surface area contributed by atoms with Crippen molar-refractivity contribution in [3.63, 3.8) is 0 Å². The number of hydrogen-bond donors (Lipinski definition) is 1. The average molecular weight is 296 g/mol. The zero-order chi connectivity index (χ0) is 13.9. The van der Waals surface area contributed by atoms with Crippen molar-refractivity contribution in [2.45, 2.75) is 38.7 Å². The lowest BCUT2D eigenvalue weighted by Crippen LogP contribution is -2.22. The Labute approximate surface area is 122 Å². The van der Waals surface area contributed by atoms with Gasteiger partial charge in [0.1, 0.15) is 17.3 Å². The van der Waals surface area contributed by atoms with Crippen LogP contribution in [0, 0.1) is 6.92 Å². The first-order chi connectivity index (χ1) is 9.75. The lowest BCUT2D eigenvalue weighted by molar-refractivity contribution is 0.0134. The smallest absolute Gasteiger partial charge is 0.255 e. The van der Waals surface area contributed by atoms with Crippen LogP contribution in [0.4, 0.5) is 5.82 Å². The van der Waals surface area contributed by atoms with Gasteiger partial charge in [0.15, 0.2) is 0 Å². The quantitative estimate of drug-likeness (QED) is 0.878. The molecule has 1 atom stereocenters. The van der Waals surface area contributed by atoms with Gasteiger partial charge >= 0.3 is 0 Å². The Balaban J connectivity index is 1.70. The van der Waals surface area contributed by atoms with E-state index in [0.717, 1.165) is 37.4 Å². The molecule has 0 aliphatic carbocycles. The zero-order valence-electron chi connectivity index (χ0n) is 11.5. The van der Waals surface area contributed by atoms with Gasteiger partial charge in [-0.3, -0.25) is 0 Å². The number of hydrogen-bond acceptors (Lipinski definition) is 5. The van der Waals surface area contributed by atoms with Crippen LogP contribution < -0.4 is 5.32 Å². The molecular weight excluding hydrogens is 278 g/mol. The summed E-state index contributed by atoms with van der Waals surface area (Å²) >= 11 is 6.12. The van der Waals surface area contributed by atoms with E-state index in [1.165, 1.54) is 19.2 Å². The monoisotopic (exact) mass is 295 g/mol. The van der Waals surface area contributed by atoms with Crippen LogP contribution in [-0.4, -0.2) is 38.8 Å². The van der Waals surface area contributed by atoms with Crippen molar-refractivity contribution in [2.24, 2.45) is 0 Å². The van der Waals surface area contributed by atoms with Gasteiger partial charge in [-0.2, -0.15) is 19.6 Å². The maximum absolute atomic E-state index is 6.12. The third-order valence-corrected chi connectivity index (χ3v) is 4.01. The highest BCUT2D eigenvalue weighted by molar-refractivity contribution is 6.30. The summed E-state index contributed by atoms with van der Waals surface area (Å²) in [6, 6.07) is 0. The Bertz CT molecular complexity index is 594. The first kappa shape index (κ1) is 13.6. The molecule has 20 heavy (non-hydrogen) atoms. The van der Waals surface area contributed by atoms with Gasteiger partial charge in [-0.05, 0) is 32.6 Å². The molecule has 2 aromatic heterocycles. The molecule has 1 aliphatic heterocycles. The fourth-order valence-corrected chi connectivity index (χ4v) is 2.66. The fourth-order valence-electron chi connectivity index (χ4n) is 2.49.